The number of phenols is 3. The van der Waals surface area contributed by atoms with Gasteiger partial charge in [-0.25, -0.2) is 160 Å². The van der Waals surface area contributed by atoms with Crippen LogP contribution in [-0.2, 0) is 0 Å². The van der Waals surface area contributed by atoms with Crippen molar-refractivity contribution in [1.29, 1.82) is 0 Å². The molecule has 0 spiro atoms. The zero-order chi connectivity index (χ0) is 95.8. The van der Waals surface area contributed by atoms with E-state index in [1.165, 1.54) is 0 Å². The van der Waals surface area contributed by atoms with Crippen molar-refractivity contribution in [3.63, 3.8) is 0 Å². The average Bonchev–Trinajstić information content (AvgIpc) is 1.60. The first-order chi connectivity index (χ1) is 64.3. The van der Waals surface area contributed by atoms with Crippen LogP contribution in [0.2, 0.25) is 30.9 Å². The van der Waals surface area contributed by atoms with Gasteiger partial charge in [0.1, 0.15) is 61.6 Å². The van der Waals surface area contributed by atoms with Gasteiger partial charge in [-0.2, -0.15) is 0 Å². The van der Waals surface area contributed by atoms with E-state index in [1.54, 1.807) is 79.1 Å². The summed E-state index contributed by atoms with van der Waals surface area (Å²) in [6, 6.07) is 84.7. The summed E-state index contributed by atoms with van der Waals surface area (Å²) < 4.78 is 23.3. The molecule has 0 aliphatic heterocycles. The highest BCUT2D eigenvalue weighted by molar-refractivity contribution is 9.11. The van der Waals surface area contributed by atoms with Crippen LogP contribution in [0.1, 0.15) is 0 Å². The number of benzene rings is 12. The van der Waals surface area contributed by atoms with Crippen LogP contribution in [0.5, 0.6) is 17.2 Å². The number of rotatable bonds is 0. The molecule has 0 unspecified atom stereocenters. The number of para-hydroxylation sites is 8. The van der Waals surface area contributed by atoms with E-state index in [4.69, 9.17) is 184 Å². The first kappa shape index (κ1) is 106. The summed E-state index contributed by atoms with van der Waals surface area (Å²) in [6.45, 7) is 0. The van der Waals surface area contributed by atoms with Crippen LogP contribution >= 0.6 is 256 Å². The van der Waals surface area contributed by atoms with Crippen LogP contribution < -0.4 is 0 Å². The van der Waals surface area contributed by atoms with Crippen LogP contribution in [0.4, 0.5) is 0 Å². The van der Waals surface area contributed by atoms with Crippen molar-refractivity contribution in [1.82, 2.24) is 69.8 Å². The minimum absolute atomic E-state index is 0.183. The fourth-order valence-electron chi connectivity index (χ4n) is 11.9. The van der Waals surface area contributed by atoms with Crippen molar-refractivity contribution < 1.29 is 28.6 Å². The number of furan rings is 3. The number of pyridine rings is 2. The van der Waals surface area contributed by atoms with Gasteiger partial charge in [-0.15, -0.1) is 0 Å². The van der Waals surface area contributed by atoms with E-state index in [0.717, 1.165) is 147 Å². The molecule has 23 aromatic rings. The Morgan fingerprint density at radius 3 is 1.05 bits per heavy atom. The Balaban J connectivity index is 0.000000136. The van der Waals surface area contributed by atoms with Crippen LogP contribution in [0.3, 0.4) is 0 Å². The number of hydrogen-bond donors (Lipinski definition) is 3. The highest BCUT2D eigenvalue weighted by atomic mass is 79.9. The van der Waals surface area contributed by atoms with Crippen LogP contribution in [0.25, 0.3) is 155 Å². The summed E-state index contributed by atoms with van der Waals surface area (Å²) in [4.78, 5) is 59.8. The second-order valence-electron chi connectivity index (χ2n) is 26.5. The fourth-order valence-corrected chi connectivity index (χ4v) is 14.8. The summed E-state index contributed by atoms with van der Waals surface area (Å²) >= 11 is 49.1. The third-order valence-electron chi connectivity index (χ3n) is 17.4. The van der Waals surface area contributed by atoms with Crippen molar-refractivity contribution in [2.24, 2.45) is 0 Å². The van der Waals surface area contributed by atoms with Crippen molar-refractivity contribution in [2.75, 3.05) is 0 Å². The summed E-state index contributed by atoms with van der Waals surface area (Å²) in [7, 11) is 44.5. The van der Waals surface area contributed by atoms with E-state index in [9.17, 15) is 5.11 Å². The molecule has 0 bridgehead atoms. The second kappa shape index (κ2) is 51.9. The lowest BCUT2D eigenvalue weighted by molar-refractivity contribution is 0.474. The summed E-state index contributed by atoms with van der Waals surface area (Å²) in [6.07, 6.45) is 3.35. The molecule has 3 N–H and O–H groups in total. The van der Waals surface area contributed by atoms with E-state index < -0.39 is 34.2 Å². The maximum atomic E-state index is 9.19. The number of fused-ring (bicyclic) bond motifs is 18. The molecule has 11 aromatic heterocycles. The summed E-state index contributed by atoms with van der Waals surface area (Å²) in [5, 5.41) is 35.5. The molecule has 0 amide bonds. The van der Waals surface area contributed by atoms with Gasteiger partial charge in [0.2, 0.25) is 17.1 Å². The Hall–Kier alpha value is -6.87. The van der Waals surface area contributed by atoms with Gasteiger partial charge >= 0.3 is 34.2 Å². The van der Waals surface area contributed by atoms with Crippen LogP contribution in [0, 0.1) is 0 Å². The monoisotopic (exact) mass is 2500 g/mol. The minimum Gasteiger partial charge on any atom is -0.508 e. The number of nitrogens with zero attached hydrogens (tertiary/aromatic N) is 14. The van der Waals surface area contributed by atoms with E-state index in [-0.39, 0.29) is 30.9 Å². The SMILES string of the molecule is Brc1ccc2c(c1)oc1nc3ccccc3nc12.Brc1ccc2c(ccc3oc4nc5cccnc5nc4c32)c1.Brc1ccc2oc3nc4ccccc4nc3c2c1.Clc1nc2ccccc2nc1Cl.Clc1nc2ccccc2nc1Cl.Clc1nc2cccnc2nc1Cl.Oc1ccc(Br)cc1.Oc1ccc2cc(Br)ccc2c1.Oc1cccc(Br)c1.[Cl][Al]([Cl])[Cl].[Cl][Al]([Cl])[Cl].[Cl][Al]([Cl])[Cl]. The minimum atomic E-state index is -1.72. The zero-order valence-electron chi connectivity index (χ0n) is 67.1. The lowest BCUT2D eigenvalue weighted by atomic mass is 10.1. The Morgan fingerprint density at radius 2 is 0.560 bits per heavy atom. The molecule has 44 heteroatoms. The standard InChI is InChI=1S/C17H8BrN3O.2C14H7BrN2O.C10H7BrO.2C8H4Cl2N2.C7H3Cl2N3.2C6H5BrO.3Al.9ClH/c18-10-4-5-11-9(8-10)3-6-13-14(11)15-17(22-13)20-12-2-1-7-19-16(12)21-15;15-8-5-6-12-9(7-8)13-14(18-12)17-11-4-2-1-3-10(11)16-13;15-8-5-6-9-12(7-8)18-14-13(9)16-10-3-1-2-4-11(10)17-14;11-9-3-1-8-6-10(12)4-2-7(8)5-9;2*9-7-8(10)12-6-4-2-1-3-5(6)11-7;8-5-6(9)12-7-4(11-5)2-1-3-10-7;7-5-1-3-6(8)4-2-5;7-5-2-1-3-6(8)4-5;;;;;;;;;;;;/h1-8H;2*1-7H;1-6,12H;2*1-4H;1-3H;2*1-4,8H;;;;9*1H/q;;;;;;;;;3*+3;;;;;;;;;/p-9. The fraction of sp³-hybridized carbons (Fsp3) is 0. The first-order valence-electron chi connectivity index (χ1n) is 37.9. The summed E-state index contributed by atoms with van der Waals surface area (Å²) in [5.74, 6) is 0.900. The number of halogens is 21. The van der Waals surface area contributed by atoms with Gasteiger partial charge in [0.25, 0.3) is 0 Å². The topological polar surface area (TPSA) is 281 Å². The van der Waals surface area contributed by atoms with E-state index in [0.29, 0.717) is 51.2 Å². The normalized spacial score (nSPS) is 10.5. The smallest absolute Gasteiger partial charge is 0.508 e. The first-order valence-corrected chi connectivity index (χ1v) is 60.7. The quantitative estimate of drug-likeness (QED) is 0.119. The molecular formula is C90H50Al3Br6Cl15N14O6. The molecule has 20 nitrogen and oxygen atoms in total. The molecule has 0 atom stereocenters. The molecule has 0 aliphatic carbocycles. The van der Waals surface area contributed by atoms with Gasteiger partial charge in [-0.1, -0.05) is 244 Å². The molecule has 0 aliphatic rings. The molecule has 0 saturated carbocycles. The van der Waals surface area contributed by atoms with Crippen molar-refractivity contribution >= 4 is 444 Å². The van der Waals surface area contributed by atoms with Gasteiger partial charge in [0.05, 0.1) is 49.5 Å². The molecule has 0 radical (unpaired) electrons. The Labute approximate surface area is 891 Å². The lowest BCUT2D eigenvalue weighted by Crippen LogP contribution is -1.88. The lowest BCUT2D eigenvalue weighted by Gasteiger charge is -2.00. The predicted molar refractivity (Wildman–Crippen MR) is 580 cm³/mol. The average molecular weight is 2520 g/mol. The van der Waals surface area contributed by atoms with Gasteiger partial charge in [-0.3, -0.25) is 0 Å². The van der Waals surface area contributed by atoms with Crippen molar-refractivity contribution in [3.05, 3.63) is 343 Å². The third kappa shape index (κ3) is 31.1. The highest BCUT2D eigenvalue weighted by Gasteiger charge is 2.18. The third-order valence-corrected chi connectivity index (χ3v) is 22.3. The molecule has 0 saturated heterocycles. The van der Waals surface area contributed by atoms with Crippen LogP contribution in [-0.4, -0.2) is 119 Å². The molecule has 134 heavy (non-hydrogen) atoms. The molecular weight excluding hydrogens is 2470 g/mol. The zero-order valence-corrected chi connectivity index (χ0v) is 91.5. The van der Waals surface area contributed by atoms with Gasteiger partial charge < -0.3 is 28.6 Å². The Bertz CT molecular complexity index is 7630. The number of aromatic hydroxyl groups is 3. The summed E-state index contributed by atoms with van der Waals surface area (Å²) in [5.41, 5.74) is 15.5. The van der Waals surface area contributed by atoms with E-state index >= 15 is 0 Å². The number of phenolic OH excluding ortho intramolecular Hbond substituents is 3. The number of aromatic nitrogens is 14. The second-order valence-corrected chi connectivity index (χ2v) is 53.4. The van der Waals surface area contributed by atoms with Gasteiger partial charge in [-0.05, 0) is 216 Å². The Kier molecular flexibility index (Phi) is 41.0. The maximum absolute atomic E-state index is 9.19. The molecule has 12 aromatic carbocycles. The maximum Gasteiger partial charge on any atom is 0.643 e. The van der Waals surface area contributed by atoms with Crippen molar-refractivity contribution in [3.8, 4) is 17.2 Å². The van der Waals surface area contributed by atoms with Gasteiger partial charge in [0, 0.05) is 50.0 Å². The van der Waals surface area contributed by atoms with Crippen molar-refractivity contribution in [2.45, 2.75) is 0 Å². The number of hydrogen-bond acceptors (Lipinski definition) is 20. The van der Waals surface area contributed by atoms with Crippen LogP contribution in [0.15, 0.2) is 325 Å². The van der Waals surface area contributed by atoms with E-state index in [2.05, 4.69) is 177 Å². The van der Waals surface area contributed by atoms with Gasteiger partial charge in [0.15, 0.2) is 42.2 Å². The largest absolute Gasteiger partial charge is 0.643 e. The molecule has 11 heterocycles. The highest BCUT2D eigenvalue weighted by Crippen LogP contribution is 2.37. The predicted octanol–water partition coefficient (Wildman–Crippen LogP) is 34.3. The molecule has 672 valence electrons. The molecule has 0 fully saturated rings. The molecule has 23 rings (SSSR count). The Morgan fingerprint density at radius 1 is 0.231 bits per heavy atom. The van der Waals surface area contributed by atoms with E-state index in [1.807, 2.05) is 194 Å².